The first-order chi connectivity index (χ1) is 14.3. The highest BCUT2D eigenvalue weighted by Gasteiger charge is 2.42. The molecular weight excluding hydrogens is 452 g/mol. The predicted octanol–water partition coefficient (Wildman–Crippen LogP) is 4.12. The van der Waals surface area contributed by atoms with E-state index >= 15 is 0 Å². The number of rotatable bonds is 7. The maximum absolute atomic E-state index is 13.3. The Morgan fingerprint density at radius 2 is 1.60 bits per heavy atom. The molecule has 1 unspecified atom stereocenters. The number of carbonyl (C=O) groups excluding carboxylic acids is 3. The molecule has 7 nitrogen and oxygen atoms in total. The van der Waals surface area contributed by atoms with Crippen LogP contribution in [0.2, 0.25) is 0 Å². The highest BCUT2D eigenvalue weighted by molar-refractivity contribution is 9.10. The van der Waals surface area contributed by atoms with E-state index in [1.54, 1.807) is 36.4 Å². The van der Waals surface area contributed by atoms with E-state index in [0.29, 0.717) is 39.2 Å². The van der Waals surface area contributed by atoms with Gasteiger partial charge in [0, 0.05) is 12.1 Å². The molecule has 1 atom stereocenters. The molecule has 0 spiro atoms. The van der Waals surface area contributed by atoms with E-state index in [-0.39, 0.29) is 5.92 Å². The molecule has 1 aliphatic rings. The second kappa shape index (κ2) is 8.87. The summed E-state index contributed by atoms with van der Waals surface area (Å²) in [5, 5.41) is 2.80. The number of halogens is 1. The fourth-order valence-electron chi connectivity index (χ4n) is 3.44. The topological polar surface area (TPSA) is 84.9 Å². The highest BCUT2D eigenvalue weighted by Crippen LogP contribution is 2.36. The molecule has 158 valence electrons. The molecular formula is C22H23BrN2O5. The summed E-state index contributed by atoms with van der Waals surface area (Å²) in [5.74, 6) is -0.394. The second-order valence-corrected chi connectivity index (χ2v) is 8.20. The summed E-state index contributed by atoms with van der Waals surface area (Å²) in [6.07, 6.45) is 0.327. The molecule has 1 N–H and O–H groups in total. The number of carbonyl (C=O) groups is 3. The molecule has 1 heterocycles. The van der Waals surface area contributed by atoms with Crippen molar-refractivity contribution in [1.82, 2.24) is 4.90 Å². The lowest BCUT2D eigenvalue weighted by Gasteiger charge is -2.27. The van der Waals surface area contributed by atoms with Crippen LogP contribution in [0, 0.1) is 5.92 Å². The van der Waals surface area contributed by atoms with Crippen molar-refractivity contribution in [2.45, 2.75) is 26.3 Å². The van der Waals surface area contributed by atoms with Crippen LogP contribution in [0.15, 0.2) is 40.9 Å². The third-order valence-electron chi connectivity index (χ3n) is 4.87. The molecule has 1 aliphatic heterocycles. The first-order valence-electron chi connectivity index (χ1n) is 9.47. The zero-order valence-corrected chi connectivity index (χ0v) is 18.8. The molecule has 0 radical (unpaired) electrons. The molecule has 30 heavy (non-hydrogen) atoms. The normalized spacial score (nSPS) is 14.0. The number of nitrogens with one attached hydrogen (secondary N) is 1. The second-order valence-electron chi connectivity index (χ2n) is 7.35. The van der Waals surface area contributed by atoms with Crippen molar-refractivity contribution in [3.63, 3.8) is 0 Å². The standard InChI is InChI=1S/C22H23BrN2O5/c1-12(2)9-17(25-21(27)13-7-5-6-8-14(13)22(25)28)20(26)24-16-11-18(29-3)15(23)10-19(16)30-4/h5-8,10-12,17H,9H2,1-4H3,(H,24,26). The first kappa shape index (κ1) is 21.8. The number of imide groups is 1. The largest absolute Gasteiger partial charge is 0.495 e. The molecule has 2 aromatic rings. The summed E-state index contributed by atoms with van der Waals surface area (Å²) in [4.78, 5) is 40.2. The quantitative estimate of drug-likeness (QED) is 0.610. The van der Waals surface area contributed by atoms with Gasteiger partial charge in [-0.05, 0) is 40.4 Å². The van der Waals surface area contributed by atoms with Gasteiger partial charge in [-0.1, -0.05) is 26.0 Å². The van der Waals surface area contributed by atoms with Crippen LogP contribution in [0.1, 0.15) is 41.0 Å². The van der Waals surface area contributed by atoms with Crippen molar-refractivity contribution in [2.75, 3.05) is 19.5 Å². The van der Waals surface area contributed by atoms with Crippen molar-refractivity contribution in [3.8, 4) is 11.5 Å². The fourth-order valence-corrected chi connectivity index (χ4v) is 3.93. The van der Waals surface area contributed by atoms with Crippen LogP contribution < -0.4 is 14.8 Å². The monoisotopic (exact) mass is 474 g/mol. The number of amides is 3. The smallest absolute Gasteiger partial charge is 0.262 e. The van der Waals surface area contributed by atoms with Crippen molar-refractivity contribution in [1.29, 1.82) is 0 Å². The molecule has 3 amide bonds. The molecule has 0 fully saturated rings. The van der Waals surface area contributed by atoms with E-state index in [2.05, 4.69) is 21.2 Å². The van der Waals surface area contributed by atoms with E-state index in [9.17, 15) is 14.4 Å². The Morgan fingerprint density at radius 3 is 2.10 bits per heavy atom. The van der Waals surface area contributed by atoms with Gasteiger partial charge in [-0.3, -0.25) is 19.3 Å². The number of methoxy groups -OCH3 is 2. The molecule has 0 saturated carbocycles. The average Bonchev–Trinajstić information content (AvgIpc) is 2.97. The molecule has 8 heteroatoms. The Kier molecular flexibility index (Phi) is 6.45. The Bertz CT molecular complexity index is 970. The van der Waals surface area contributed by atoms with Gasteiger partial charge in [-0.2, -0.15) is 0 Å². The van der Waals surface area contributed by atoms with Crippen LogP contribution in [-0.2, 0) is 4.79 Å². The van der Waals surface area contributed by atoms with Crippen molar-refractivity contribution >= 4 is 39.3 Å². The Morgan fingerprint density at radius 1 is 1.03 bits per heavy atom. The number of hydrogen-bond donors (Lipinski definition) is 1. The van der Waals surface area contributed by atoms with E-state index < -0.39 is 23.8 Å². The van der Waals surface area contributed by atoms with Crippen LogP contribution >= 0.6 is 15.9 Å². The minimum absolute atomic E-state index is 0.0754. The molecule has 0 aromatic heterocycles. The predicted molar refractivity (Wildman–Crippen MR) is 116 cm³/mol. The first-order valence-corrected chi connectivity index (χ1v) is 10.3. The summed E-state index contributed by atoms with van der Waals surface area (Å²) in [5.41, 5.74) is 1.01. The maximum Gasteiger partial charge on any atom is 0.262 e. The summed E-state index contributed by atoms with van der Waals surface area (Å²) in [6.45, 7) is 3.86. The van der Waals surface area contributed by atoms with Gasteiger partial charge in [-0.15, -0.1) is 0 Å². The van der Waals surface area contributed by atoms with Gasteiger partial charge in [0.15, 0.2) is 0 Å². The van der Waals surface area contributed by atoms with Crippen molar-refractivity contribution in [3.05, 3.63) is 52.0 Å². The molecule has 3 rings (SSSR count). The molecule has 0 bridgehead atoms. The third kappa shape index (κ3) is 4.05. The van der Waals surface area contributed by atoms with Crippen LogP contribution in [0.3, 0.4) is 0 Å². The van der Waals surface area contributed by atoms with E-state index in [1.165, 1.54) is 14.2 Å². The highest BCUT2D eigenvalue weighted by atomic mass is 79.9. The molecule has 2 aromatic carbocycles. The van der Waals surface area contributed by atoms with Gasteiger partial charge in [0.1, 0.15) is 17.5 Å². The maximum atomic E-state index is 13.3. The van der Waals surface area contributed by atoms with Crippen LogP contribution in [0.25, 0.3) is 0 Å². The van der Waals surface area contributed by atoms with Gasteiger partial charge in [0.2, 0.25) is 5.91 Å². The number of nitrogens with zero attached hydrogens (tertiary/aromatic N) is 1. The number of benzene rings is 2. The zero-order chi connectivity index (χ0) is 22.0. The lowest BCUT2D eigenvalue weighted by Crippen LogP contribution is -2.48. The van der Waals surface area contributed by atoms with E-state index in [1.807, 2.05) is 13.8 Å². The lowest BCUT2D eigenvalue weighted by molar-refractivity contribution is -0.120. The molecule has 0 saturated heterocycles. The number of ether oxygens (including phenoxy) is 2. The Hall–Kier alpha value is -2.87. The van der Waals surface area contributed by atoms with Gasteiger partial charge in [0.05, 0.1) is 35.5 Å². The minimum Gasteiger partial charge on any atom is -0.495 e. The minimum atomic E-state index is -0.961. The number of anilines is 1. The van der Waals surface area contributed by atoms with Crippen LogP contribution in [0.5, 0.6) is 11.5 Å². The van der Waals surface area contributed by atoms with Crippen LogP contribution in [0.4, 0.5) is 5.69 Å². The van der Waals surface area contributed by atoms with Crippen molar-refractivity contribution in [2.24, 2.45) is 5.92 Å². The summed E-state index contributed by atoms with van der Waals surface area (Å²) in [6, 6.07) is 8.93. The molecule has 0 aliphatic carbocycles. The third-order valence-corrected chi connectivity index (χ3v) is 5.49. The summed E-state index contributed by atoms with van der Waals surface area (Å²) < 4.78 is 11.3. The summed E-state index contributed by atoms with van der Waals surface area (Å²) in [7, 11) is 3.00. The SMILES string of the molecule is COc1cc(NC(=O)C(CC(C)C)N2C(=O)c3ccccc3C2=O)c(OC)cc1Br. The van der Waals surface area contributed by atoms with Gasteiger partial charge in [0.25, 0.3) is 11.8 Å². The van der Waals surface area contributed by atoms with Gasteiger partial charge in [-0.25, -0.2) is 0 Å². The Balaban J connectivity index is 1.95. The van der Waals surface area contributed by atoms with Gasteiger partial charge < -0.3 is 14.8 Å². The fraction of sp³-hybridized carbons (Fsp3) is 0.318. The van der Waals surface area contributed by atoms with E-state index in [4.69, 9.17) is 9.47 Å². The van der Waals surface area contributed by atoms with E-state index in [0.717, 1.165) is 4.90 Å². The summed E-state index contributed by atoms with van der Waals surface area (Å²) >= 11 is 3.38. The average molecular weight is 475 g/mol. The van der Waals surface area contributed by atoms with Crippen molar-refractivity contribution < 1.29 is 23.9 Å². The number of hydrogen-bond acceptors (Lipinski definition) is 5. The lowest BCUT2D eigenvalue weighted by atomic mass is 10.0. The Labute approximate surface area is 183 Å². The van der Waals surface area contributed by atoms with Crippen LogP contribution in [-0.4, -0.2) is 42.9 Å². The van der Waals surface area contributed by atoms with Gasteiger partial charge >= 0.3 is 0 Å². The zero-order valence-electron chi connectivity index (χ0n) is 17.2. The number of fused-ring (bicyclic) bond motifs is 1.